The summed E-state index contributed by atoms with van der Waals surface area (Å²) in [4.78, 5) is 2.43. The molecule has 1 aliphatic carbocycles. The molecule has 1 aromatic heterocycles. The maximum Gasteiger partial charge on any atom is 0.163 e. The van der Waals surface area contributed by atoms with E-state index in [9.17, 15) is 0 Å². The van der Waals surface area contributed by atoms with E-state index in [4.69, 9.17) is 9.47 Å². The van der Waals surface area contributed by atoms with Gasteiger partial charge in [-0.1, -0.05) is 19.8 Å². The van der Waals surface area contributed by atoms with Crippen molar-refractivity contribution in [2.75, 3.05) is 32.8 Å². The lowest BCUT2D eigenvalue weighted by Gasteiger charge is -2.33. The molecule has 23 heavy (non-hydrogen) atoms. The Morgan fingerprint density at radius 1 is 1.35 bits per heavy atom. The van der Waals surface area contributed by atoms with Gasteiger partial charge in [-0.2, -0.15) is 0 Å². The average Bonchev–Trinajstić information content (AvgIpc) is 3.06. The summed E-state index contributed by atoms with van der Waals surface area (Å²) in [6.45, 7) is 9.71. The van der Waals surface area contributed by atoms with Crippen LogP contribution in [-0.4, -0.2) is 58.6 Å². The van der Waals surface area contributed by atoms with Crippen LogP contribution in [0.4, 0.5) is 0 Å². The number of aryl methyl sites for hydroxylation is 1. The Balaban J connectivity index is 1.45. The maximum absolute atomic E-state index is 6.15. The molecule has 1 saturated carbocycles. The zero-order valence-electron chi connectivity index (χ0n) is 14.5. The minimum atomic E-state index is 0.0276. The Bertz CT molecular complexity index is 479. The van der Waals surface area contributed by atoms with Crippen molar-refractivity contribution in [1.29, 1.82) is 0 Å². The van der Waals surface area contributed by atoms with Crippen LogP contribution < -0.4 is 0 Å². The first-order valence-corrected chi connectivity index (χ1v) is 9.11. The van der Waals surface area contributed by atoms with E-state index in [1.54, 1.807) is 6.33 Å². The van der Waals surface area contributed by atoms with Crippen LogP contribution in [0.25, 0.3) is 0 Å². The van der Waals surface area contributed by atoms with Gasteiger partial charge in [0.2, 0.25) is 0 Å². The Hall–Kier alpha value is -0.980. The lowest BCUT2D eigenvalue weighted by molar-refractivity contribution is -0.0571. The van der Waals surface area contributed by atoms with Gasteiger partial charge in [0.15, 0.2) is 5.82 Å². The molecule has 1 aliphatic heterocycles. The zero-order chi connectivity index (χ0) is 16.1. The van der Waals surface area contributed by atoms with E-state index in [1.807, 2.05) is 0 Å². The van der Waals surface area contributed by atoms with Crippen molar-refractivity contribution in [1.82, 2.24) is 19.7 Å². The summed E-state index contributed by atoms with van der Waals surface area (Å²) in [5.41, 5.74) is 0. The van der Waals surface area contributed by atoms with Gasteiger partial charge in [-0.05, 0) is 25.7 Å². The number of nitrogens with zero attached hydrogens (tertiary/aromatic N) is 4. The number of rotatable bonds is 6. The molecule has 130 valence electrons. The van der Waals surface area contributed by atoms with Crippen LogP contribution >= 0.6 is 0 Å². The third-order valence-corrected chi connectivity index (χ3v) is 5.20. The highest BCUT2D eigenvalue weighted by Gasteiger charge is 2.26. The third-order valence-electron chi connectivity index (χ3n) is 5.20. The molecular weight excluding hydrogens is 292 g/mol. The summed E-state index contributed by atoms with van der Waals surface area (Å²) in [6.07, 6.45) is 7.50. The van der Waals surface area contributed by atoms with Gasteiger partial charge in [0.1, 0.15) is 12.4 Å². The average molecular weight is 322 g/mol. The smallest absolute Gasteiger partial charge is 0.163 e. The van der Waals surface area contributed by atoms with Crippen LogP contribution in [0.2, 0.25) is 0 Å². The molecule has 0 spiro atoms. The van der Waals surface area contributed by atoms with Gasteiger partial charge in [-0.3, -0.25) is 4.90 Å². The second-order valence-electron chi connectivity index (χ2n) is 6.81. The van der Waals surface area contributed by atoms with Crippen LogP contribution in [0.3, 0.4) is 0 Å². The zero-order valence-corrected chi connectivity index (χ0v) is 14.5. The summed E-state index contributed by atoms with van der Waals surface area (Å²) in [5, 5.41) is 8.25. The highest BCUT2D eigenvalue weighted by Crippen LogP contribution is 2.26. The van der Waals surface area contributed by atoms with Gasteiger partial charge in [0.05, 0.1) is 19.3 Å². The number of hydrogen-bond donors (Lipinski definition) is 0. The normalized spacial score (nSPS) is 29.7. The van der Waals surface area contributed by atoms with Gasteiger partial charge < -0.3 is 14.0 Å². The first-order valence-electron chi connectivity index (χ1n) is 9.11. The molecule has 6 heteroatoms. The third kappa shape index (κ3) is 4.31. The molecule has 6 nitrogen and oxygen atoms in total. The summed E-state index contributed by atoms with van der Waals surface area (Å²) < 4.78 is 14.1. The molecule has 0 N–H and O–H groups in total. The molecule has 1 aromatic rings. The molecule has 0 amide bonds. The summed E-state index contributed by atoms with van der Waals surface area (Å²) in [5.74, 6) is 1.66. The highest BCUT2D eigenvalue weighted by atomic mass is 16.5. The largest absolute Gasteiger partial charge is 0.377 e. The molecule has 3 rings (SSSR count). The van der Waals surface area contributed by atoms with Gasteiger partial charge in [0, 0.05) is 26.2 Å². The Morgan fingerprint density at radius 3 is 3.04 bits per heavy atom. The lowest BCUT2D eigenvalue weighted by atomic mass is 9.88. The van der Waals surface area contributed by atoms with Crippen molar-refractivity contribution in [3.63, 3.8) is 0 Å². The van der Waals surface area contributed by atoms with Crippen molar-refractivity contribution in [3.05, 3.63) is 12.2 Å². The Morgan fingerprint density at radius 2 is 2.22 bits per heavy atom. The fourth-order valence-corrected chi connectivity index (χ4v) is 3.68. The summed E-state index contributed by atoms with van der Waals surface area (Å²) in [6, 6.07) is 0. The monoisotopic (exact) mass is 322 g/mol. The number of morpholine rings is 1. The maximum atomic E-state index is 6.15. The standard InChI is InChI=1S/C17H30N4O2/c1-3-21-13-18-19-17(21)16-12-20(9-11-23-16)8-10-22-15-7-5-4-6-14(15)2/h13-16H,3-12H2,1-2H3. The van der Waals surface area contributed by atoms with E-state index < -0.39 is 0 Å². The van der Waals surface area contributed by atoms with Gasteiger partial charge in [-0.25, -0.2) is 0 Å². The van der Waals surface area contributed by atoms with Crippen molar-refractivity contribution < 1.29 is 9.47 Å². The number of hydrogen-bond acceptors (Lipinski definition) is 5. The lowest BCUT2D eigenvalue weighted by Crippen LogP contribution is -2.41. The molecule has 3 atom stereocenters. The van der Waals surface area contributed by atoms with Gasteiger partial charge in [-0.15, -0.1) is 10.2 Å². The SMILES string of the molecule is CCn1cnnc1C1CN(CCOC2CCCCC2C)CCO1. The number of ether oxygens (including phenoxy) is 2. The van der Waals surface area contributed by atoms with Crippen LogP contribution in [0.1, 0.15) is 51.5 Å². The second kappa shape index (κ2) is 8.22. The quantitative estimate of drug-likeness (QED) is 0.804. The van der Waals surface area contributed by atoms with E-state index in [2.05, 4.69) is 33.5 Å². The van der Waals surface area contributed by atoms with Crippen LogP contribution in [-0.2, 0) is 16.0 Å². The minimum Gasteiger partial charge on any atom is -0.377 e. The predicted octanol–water partition coefficient (Wildman–Crippen LogP) is 2.27. The van der Waals surface area contributed by atoms with Gasteiger partial charge in [0.25, 0.3) is 0 Å². The van der Waals surface area contributed by atoms with E-state index in [0.717, 1.165) is 45.2 Å². The second-order valence-corrected chi connectivity index (χ2v) is 6.81. The molecular formula is C17H30N4O2. The van der Waals surface area contributed by atoms with Crippen molar-refractivity contribution in [3.8, 4) is 0 Å². The van der Waals surface area contributed by atoms with Crippen molar-refractivity contribution in [2.24, 2.45) is 5.92 Å². The molecule has 0 radical (unpaired) electrons. The van der Waals surface area contributed by atoms with Crippen molar-refractivity contribution >= 4 is 0 Å². The Kier molecular flexibility index (Phi) is 6.02. The van der Waals surface area contributed by atoms with Crippen molar-refractivity contribution in [2.45, 2.75) is 58.3 Å². The van der Waals surface area contributed by atoms with Gasteiger partial charge >= 0.3 is 0 Å². The van der Waals surface area contributed by atoms with Crippen LogP contribution in [0, 0.1) is 5.92 Å². The minimum absolute atomic E-state index is 0.0276. The first kappa shape index (κ1) is 16.9. The summed E-state index contributed by atoms with van der Waals surface area (Å²) in [7, 11) is 0. The Labute approximate surface area is 139 Å². The van der Waals surface area contributed by atoms with E-state index >= 15 is 0 Å². The highest BCUT2D eigenvalue weighted by molar-refractivity contribution is 4.94. The fraction of sp³-hybridized carbons (Fsp3) is 0.882. The molecule has 1 saturated heterocycles. The number of aromatic nitrogens is 3. The van der Waals surface area contributed by atoms with E-state index in [0.29, 0.717) is 12.0 Å². The van der Waals surface area contributed by atoms with E-state index in [1.165, 1.54) is 25.7 Å². The summed E-state index contributed by atoms with van der Waals surface area (Å²) >= 11 is 0. The first-order chi connectivity index (χ1) is 11.3. The van der Waals surface area contributed by atoms with Crippen LogP contribution in [0.5, 0.6) is 0 Å². The molecule has 2 heterocycles. The van der Waals surface area contributed by atoms with E-state index in [-0.39, 0.29) is 6.10 Å². The molecule has 0 aromatic carbocycles. The molecule has 2 aliphatic rings. The fourth-order valence-electron chi connectivity index (χ4n) is 3.68. The molecule has 3 unspecified atom stereocenters. The van der Waals surface area contributed by atoms with Crippen LogP contribution in [0.15, 0.2) is 6.33 Å². The molecule has 0 bridgehead atoms. The topological polar surface area (TPSA) is 52.4 Å². The predicted molar refractivity (Wildman–Crippen MR) is 88.2 cm³/mol. The molecule has 2 fully saturated rings.